The Labute approximate surface area is 118 Å². The summed E-state index contributed by atoms with van der Waals surface area (Å²) in [6.07, 6.45) is 7.23. The highest BCUT2D eigenvalue weighted by Gasteiger charge is 2.01. The van der Waals surface area contributed by atoms with Crippen molar-refractivity contribution < 1.29 is 4.79 Å². The number of primary amides is 1. The van der Waals surface area contributed by atoms with Crippen molar-refractivity contribution in [1.82, 2.24) is 14.5 Å². The molecule has 0 fully saturated rings. The zero-order valence-electron chi connectivity index (χ0n) is 11.5. The summed E-state index contributed by atoms with van der Waals surface area (Å²) in [4.78, 5) is 19.3. The van der Waals surface area contributed by atoms with Gasteiger partial charge in [0.1, 0.15) is 11.6 Å². The number of imidazole rings is 1. The second-order valence-corrected chi connectivity index (χ2v) is 4.47. The van der Waals surface area contributed by atoms with Crippen LogP contribution in [0.15, 0.2) is 30.7 Å². The van der Waals surface area contributed by atoms with Crippen molar-refractivity contribution >= 4 is 11.7 Å². The molecule has 0 aliphatic carbocycles. The quantitative estimate of drug-likeness (QED) is 0.747. The number of nitrogens with one attached hydrogen (secondary N) is 1. The van der Waals surface area contributed by atoms with E-state index in [0.717, 1.165) is 37.6 Å². The van der Waals surface area contributed by atoms with Crippen LogP contribution in [0.3, 0.4) is 0 Å². The van der Waals surface area contributed by atoms with Crippen LogP contribution >= 0.6 is 0 Å². The molecule has 2 heterocycles. The molecule has 0 radical (unpaired) electrons. The third-order valence-corrected chi connectivity index (χ3v) is 3.05. The van der Waals surface area contributed by atoms with E-state index in [0.29, 0.717) is 5.56 Å². The molecule has 106 valence electrons. The Morgan fingerprint density at radius 2 is 2.25 bits per heavy atom. The van der Waals surface area contributed by atoms with Gasteiger partial charge < -0.3 is 15.6 Å². The molecule has 1 amide bonds. The molecule has 0 aromatic carbocycles. The van der Waals surface area contributed by atoms with Crippen LogP contribution in [-0.2, 0) is 13.0 Å². The minimum atomic E-state index is -0.462. The molecule has 2 rings (SSSR count). The van der Waals surface area contributed by atoms with Gasteiger partial charge in [-0.25, -0.2) is 9.97 Å². The Bertz CT molecular complexity index is 561. The van der Waals surface area contributed by atoms with Crippen LogP contribution in [0.25, 0.3) is 0 Å². The average molecular weight is 273 g/mol. The highest BCUT2D eigenvalue weighted by molar-refractivity contribution is 5.92. The van der Waals surface area contributed by atoms with Gasteiger partial charge in [0.25, 0.3) is 0 Å². The van der Waals surface area contributed by atoms with Gasteiger partial charge >= 0.3 is 0 Å². The van der Waals surface area contributed by atoms with E-state index in [4.69, 9.17) is 5.73 Å². The van der Waals surface area contributed by atoms with Gasteiger partial charge in [-0.05, 0) is 18.6 Å². The molecule has 0 saturated heterocycles. The topological polar surface area (TPSA) is 85.8 Å². The number of hydrogen-bond donors (Lipinski definition) is 2. The van der Waals surface area contributed by atoms with Gasteiger partial charge in [0.15, 0.2) is 0 Å². The molecular weight excluding hydrogens is 254 g/mol. The van der Waals surface area contributed by atoms with Crippen LogP contribution in [0.5, 0.6) is 0 Å². The fourth-order valence-electron chi connectivity index (χ4n) is 1.97. The third kappa shape index (κ3) is 3.57. The number of anilines is 1. The van der Waals surface area contributed by atoms with Crippen molar-refractivity contribution in [2.45, 2.75) is 26.3 Å². The highest BCUT2D eigenvalue weighted by atomic mass is 16.1. The summed E-state index contributed by atoms with van der Waals surface area (Å²) in [7, 11) is 0. The van der Waals surface area contributed by atoms with Gasteiger partial charge in [-0.1, -0.05) is 6.92 Å². The molecule has 3 N–H and O–H groups in total. The average Bonchev–Trinajstić information content (AvgIpc) is 2.91. The van der Waals surface area contributed by atoms with Crippen molar-refractivity contribution in [3.8, 4) is 0 Å². The van der Waals surface area contributed by atoms with E-state index in [1.807, 2.05) is 12.4 Å². The van der Waals surface area contributed by atoms with E-state index in [1.54, 1.807) is 12.1 Å². The number of aromatic nitrogens is 3. The van der Waals surface area contributed by atoms with Gasteiger partial charge in [0, 0.05) is 38.1 Å². The Morgan fingerprint density at radius 1 is 1.40 bits per heavy atom. The first-order valence-corrected chi connectivity index (χ1v) is 6.70. The lowest BCUT2D eigenvalue weighted by Gasteiger charge is -2.08. The van der Waals surface area contributed by atoms with Crippen molar-refractivity contribution in [2.75, 3.05) is 11.9 Å². The van der Waals surface area contributed by atoms with Gasteiger partial charge in [0.2, 0.25) is 5.91 Å². The van der Waals surface area contributed by atoms with E-state index in [2.05, 4.69) is 26.8 Å². The molecule has 0 atom stereocenters. The van der Waals surface area contributed by atoms with Crippen molar-refractivity contribution in [3.63, 3.8) is 0 Å². The molecule has 6 nitrogen and oxygen atoms in total. The highest BCUT2D eigenvalue weighted by Crippen LogP contribution is 2.05. The van der Waals surface area contributed by atoms with Crippen LogP contribution in [0.2, 0.25) is 0 Å². The maximum atomic E-state index is 10.9. The lowest BCUT2D eigenvalue weighted by atomic mass is 10.3. The second-order valence-electron chi connectivity index (χ2n) is 4.47. The van der Waals surface area contributed by atoms with Crippen LogP contribution in [0.1, 0.15) is 29.5 Å². The fraction of sp³-hybridized carbons (Fsp3) is 0.357. The van der Waals surface area contributed by atoms with Gasteiger partial charge in [0.05, 0.1) is 5.56 Å². The summed E-state index contributed by atoms with van der Waals surface area (Å²) in [6, 6.07) is 3.43. The molecule has 0 spiro atoms. The number of nitrogens with zero attached hydrogens (tertiary/aromatic N) is 3. The fourth-order valence-corrected chi connectivity index (χ4v) is 1.97. The molecule has 0 bridgehead atoms. The van der Waals surface area contributed by atoms with Crippen LogP contribution in [-0.4, -0.2) is 27.0 Å². The monoisotopic (exact) mass is 273 g/mol. The first-order valence-electron chi connectivity index (χ1n) is 6.70. The van der Waals surface area contributed by atoms with Crippen LogP contribution < -0.4 is 11.1 Å². The zero-order chi connectivity index (χ0) is 14.4. The molecule has 0 saturated carbocycles. The molecular formula is C14H19N5O. The predicted octanol–water partition coefficient (Wildman–Crippen LogP) is 1.44. The molecule has 2 aromatic heterocycles. The Morgan fingerprint density at radius 3 is 2.90 bits per heavy atom. The minimum absolute atomic E-state index is 0.418. The summed E-state index contributed by atoms with van der Waals surface area (Å²) >= 11 is 0. The molecule has 0 aliphatic heterocycles. The number of carbonyl (C=O) groups is 1. The smallest absolute Gasteiger partial charge is 0.250 e. The lowest BCUT2D eigenvalue weighted by Crippen LogP contribution is -2.12. The number of carbonyl (C=O) groups excluding carboxylic acids is 1. The summed E-state index contributed by atoms with van der Waals surface area (Å²) in [5.41, 5.74) is 5.58. The van der Waals surface area contributed by atoms with Crippen molar-refractivity contribution in [2.24, 2.45) is 5.73 Å². The van der Waals surface area contributed by atoms with Gasteiger partial charge in [-0.2, -0.15) is 0 Å². The predicted molar refractivity (Wildman–Crippen MR) is 77.5 cm³/mol. The molecule has 0 aliphatic rings. The van der Waals surface area contributed by atoms with Crippen LogP contribution in [0, 0.1) is 0 Å². The van der Waals surface area contributed by atoms with Crippen molar-refractivity contribution in [3.05, 3.63) is 42.1 Å². The van der Waals surface area contributed by atoms with E-state index >= 15 is 0 Å². The summed E-state index contributed by atoms with van der Waals surface area (Å²) in [5, 5.41) is 3.21. The van der Waals surface area contributed by atoms with Crippen molar-refractivity contribution in [1.29, 1.82) is 0 Å². The van der Waals surface area contributed by atoms with E-state index in [-0.39, 0.29) is 0 Å². The number of hydrogen-bond acceptors (Lipinski definition) is 4. The number of amides is 1. The first-order chi connectivity index (χ1) is 9.70. The normalized spacial score (nSPS) is 10.4. The minimum Gasteiger partial charge on any atom is -0.370 e. The summed E-state index contributed by atoms with van der Waals surface area (Å²) in [5.74, 6) is 1.39. The standard InChI is InChI=1S/C14H19N5O/c1-2-13-17-7-9-19(13)8-3-6-16-12-5-4-11(10-18-12)14(15)20/h4-5,7,9-10H,2-3,6,8H2,1H3,(H2,15,20)(H,16,18). The van der Waals surface area contributed by atoms with E-state index in [1.165, 1.54) is 6.20 Å². The molecule has 2 aromatic rings. The maximum Gasteiger partial charge on any atom is 0.250 e. The number of pyridine rings is 1. The Kier molecular flexibility index (Phi) is 4.70. The second kappa shape index (κ2) is 6.70. The zero-order valence-corrected chi connectivity index (χ0v) is 11.5. The number of nitrogens with two attached hydrogens (primary N) is 1. The lowest BCUT2D eigenvalue weighted by molar-refractivity contribution is 0.1000. The van der Waals surface area contributed by atoms with Gasteiger partial charge in [-0.3, -0.25) is 4.79 Å². The van der Waals surface area contributed by atoms with Crippen LogP contribution in [0.4, 0.5) is 5.82 Å². The summed E-state index contributed by atoms with van der Waals surface area (Å²) < 4.78 is 2.16. The SMILES string of the molecule is CCc1nccn1CCCNc1ccc(C(N)=O)cn1. The third-order valence-electron chi connectivity index (χ3n) is 3.05. The molecule has 0 unspecified atom stereocenters. The number of aryl methyl sites for hydroxylation is 2. The first kappa shape index (κ1) is 14.0. The Hall–Kier alpha value is -2.37. The Balaban J connectivity index is 1.77. The molecule has 6 heteroatoms. The maximum absolute atomic E-state index is 10.9. The number of rotatable bonds is 7. The van der Waals surface area contributed by atoms with E-state index < -0.39 is 5.91 Å². The van der Waals surface area contributed by atoms with E-state index in [9.17, 15) is 4.79 Å². The summed E-state index contributed by atoms with van der Waals surface area (Å²) in [6.45, 7) is 3.83. The van der Waals surface area contributed by atoms with Gasteiger partial charge in [-0.15, -0.1) is 0 Å². The largest absolute Gasteiger partial charge is 0.370 e. The molecule has 20 heavy (non-hydrogen) atoms.